The maximum Gasteiger partial charge on any atom is 0.272 e. The van der Waals surface area contributed by atoms with E-state index in [0.717, 1.165) is 34.1 Å². The molecule has 154 valence electrons. The van der Waals surface area contributed by atoms with Gasteiger partial charge in [0.05, 0.1) is 23.0 Å². The minimum atomic E-state index is -0.276. The zero-order chi connectivity index (χ0) is 21.6. The van der Waals surface area contributed by atoms with E-state index in [9.17, 15) is 4.79 Å². The van der Waals surface area contributed by atoms with Gasteiger partial charge in [-0.1, -0.05) is 56.3 Å². The van der Waals surface area contributed by atoms with Gasteiger partial charge < -0.3 is 0 Å². The number of nitrogens with one attached hydrogen (secondary N) is 1. The lowest BCUT2D eigenvalue weighted by Gasteiger charge is -2.11. The van der Waals surface area contributed by atoms with Crippen molar-refractivity contribution in [3.05, 3.63) is 95.8 Å². The second-order valence-corrected chi connectivity index (χ2v) is 7.48. The van der Waals surface area contributed by atoms with E-state index in [4.69, 9.17) is 4.98 Å². The van der Waals surface area contributed by atoms with Crippen LogP contribution in [0.5, 0.6) is 0 Å². The average Bonchev–Trinajstić information content (AvgIpc) is 2.83. The molecule has 0 spiro atoms. The van der Waals surface area contributed by atoms with Gasteiger partial charge in [0.1, 0.15) is 0 Å². The van der Waals surface area contributed by atoms with Crippen LogP contribution in [0, 0.1) is 0 Å². The molecule has 31 heavy (non-hydrogen) atoms. The van der Waals surface area contributed by atoms with Crippen molar-refractivity contribution in [2.24, 2.45) is 5.10 Å². The van der Waals surface area contributed by atoms with Crippen molar-refractivity contribution >= 4 is 23.0 Å². The quantitative estimate of drug-likeness (QED) is 0.335. The van der Waals surface area contributed by atoms with Crippen LogP contribution >= 0.6 is 0 Å². The first kappa shape index (κ1) is 20.4. The molecule has 0 fully saturated rings. The number of fused-ring (bicyclic) bond motifs is 1. The maximum atomic E-state index is 12.9. The molecule has 1 amide bonds. The Balaban J connectivity index is 1.66. The second-order valence-electron chi connectivity index (χ2n) is 7.48. The molecule has 1 N–H and O–H groups in total. The topological polar surface area (TPSA) is 67.2 Å². The fourth-order valence-electron chi connectivity index (χ4n) is 3.40. The molecule has 2 aromatic heterocycles. The SMILES string of the molecule is CCC(C)c1ccc(-c2cc(C(=O)N/N=C/c3ccncc3)c3ccccc3n2)cc1. The fraction of sp³-hybridized carbons (Fsp3) is 0.154. The van der Waals surface area contributed by atoms with Gasteiger partial charge in [0.25, 0.3) is 5.91 Å². The number of carbonyl (C=O) groups excluding carboxylic acids is 1. The summed E-state index contributed by atoms with van der Waals surface area (Å²) in [6, 6.07) is 21.5. The summed E-state index contributed by atoms with van der Waals surface area (Å²) in [5.41, 5.74) is 7.85. The minimum absolute atomic E-state index is 0.276. The Kier molecular flexibility index (Phi) is 6.13. The Morgan fingerprint density at radius 2 is 1.81 bits per heavy atom. The summed E-state index contributed by atoms with van der Waals surface area (Å²) in [6.07, 6.45) is 6.05. The van der Waals surface area contributed by atoms with Gasteiger partial charge in [-0.05, 0) is 47.7 Å². The standard InChI is InChI=1S/C26H24N4O/c1-3-18(2)20-8-10-21(11-9-20)25-16-23(22-6-4-5-7-24(22)29-25)26(31)30-28-17-19-12-14-27-15-13-19/h4-18H,3H2,1-2H3,(H,30,31)/b28-17+. The zero-order valence-corrected chi connectivity index (χ0v) is 17.6. The van der Waals surface area contributed by atoms with Gasteiger partial charge in [0, 0.05) is 23.3 Å². The summed E-state index contributed by atoms with van der Waals surface area (Å²) in [5.74, 6) is 0.236. The predicted octanol–water partition coefficient (Wildman–Crippen LogP) is 5.57. The Morgan fingerprint density at radius 1 is 1.06 bits per heavy atom. The third-order valence-electron chi connectivity index (χ3n) is 5.43. The molecule has 0 aliphatic rings. The van der Waals surface area contributed by atoms with E-state index in [1.165, 1.54) is 5.56 Å². The van der Waals surface area contributed by atoms with Crippen LogP contribution in [-0.2, 0) is 0 Å². The van der Waals surface area contributed by atoms with Crippen molar-refractivity contribution < 1.29 is 4.79 Å². The summed E-state index contributed by atoms with van der Waals surface area (Å²) in [5, 5.41) is 4.89. The third-order valence-corrected chi connectivity index (χ3v) is 5.43. The van der Waals surface area contributed by atoms with E-state index < -0.39 is 0 Å². The molecule has 0 aliphatic heterocycles. The molecule has 0 aliphatic carbocycles. The van der Waals surface area contributed by atoms with E-state index in [0.29, 0.717) is 11.5 Å². The highest BCUT2D eigenvalue weighted by Gasteiger charge is 2.14. The van der Waals surface area contributed by atoms with Crippen LogP contribution in [0.2, 0.25) is 0 Å². The Hall–Kier alpha value is -3.86. The van der Waals surface area contributed by atoms with E-state index in [1.54, 1.807) is 18.6 Å². The Bertz CT molecular complexity index is 1220. The molecular weight excluding hydrogens is 384 g/mol. The van der Waals surface area contributed by atoms with Gasteiger partial charge in [-0.15, -0.1) is 0 Å². The molecule has 2 heterocycles. The lowest BCUT2D eigenvalue weighted by atomic mass is 9.96. The van der Waals surface area contributed by atoms with Gasteiger partial charge in [-0.2, -0.15) is 5.10 Å². The number of hydrogen-bond donors (Lipinski definition) is 1. The highest BCUT2D eigenvalue weighted by atomic mass is 16.2. The van der Waals surface area contributed by atoms with E-state index in [1.807, 2.05) is 42.5 Å². The van der Waals surface area contributed by atoms with Crippen molar-refractivity contribution in [2.45, 2.75) is 26.2 Å². The normalized spacial score (nSPS) is 12.2. The molecule has 1 atom stereocenters. The minimum Gasteiger partial charge on any atom is -0.267 e. The van der Waals surface area contributed by atoms with Gasteiger partial charge in [0.15, 0.2) is 0 Å². The van der Waals surface area contributed by atoms with Crippen molar-refractivity contribution in [2.75, 3.05) is 0 Å². The highest BCUT2D eigenvalue weighted by molar-refractivity contribution is 6.07. The number of para-hydroxylation sites is 1. The molecule has 5 heteroatoms. The molecule has 0 saturated heterocycles. The van der Waals surface area contributed by atoms with Crippen LogP contribution in [-0.4, -0.2) is 22.1 Å². The first-order valence-electron chi connectivity index (χ1n) is 10.4. The van der Waals surface area contributed by atoms with Crippen molar-refractivity contribution in [3.8, 4) is 11.3 Å². The van der Waals surface area contributed by atoms with E-state index in [2.05, 4.69) is 53.6 Å². The van der Waals surface area contributed by atoms with Crippen molar-refractivity contribution in [1.29, 1.82) is 0 Å². The number of amides is 1. The summed E-state index contributed by atoms with van der Waals surface area (Å²) in [4.78, 5) is 21.7. The first-order chi connectivity index (χ1) is 15.2. The summed E-state index contributed by atoms with van der Waals surface area (Å²) >= 11 is 0. The van der Waals surface area contributed by atoms with Crippen LogP contribution in [0.4, 0.5) is 0 Å². The lowest BCUT2D eigenvalue weighted by molar-refractivity contribution is 0.0956. The van der Waals surface area contributed by atoms with Crippen LogP contribution in [0.25, 0.3) is 22.2 Å². The van der Waals surface area contributed by atoms with Crippen molar-refractivity contribution in [3.63, 3.8) is 0 Å². The number of rotatable bonds is 6. The first-order valence-corrected chi connectivity index (χ1v) is 10.4. The largest absolute Gasteiger partial charge is 0.272 e. The highest BCUT2D eigenvalue weighted by Crippen LogP contribution is 2.27. The number of carbonyl (C=O) groups is 1. The Labute approximate surface area is 181 Å². The lowest BCUT2D eigenvalue weighted by Crippen LogP contribution is -2.18. The summed E-state index contributed by atoms with van der Waals surface area (Å²) < 4.78 is 0. The van der Waals surface area contributed by atoms with Crippen LogP contribution in [0.1, 0.15) is 47.7 Å². The molecule has 0 radical (unpaired) electrons. The average molecular weight is 409 g/mol. The number of aromatic nitrogens is 2. The molecule has 0 bridgehead atoms. The van der Waals surface area contributed by atoms with Gasteiger partial charge in [0.2, 0.25) is 0 Å². The van der Waals surface area contributed by atoms with Gasteiger partial charge in [-0.25, -0.2) is 10.4 Å². The monoisotopic (exact) mass is 408 g/mol. The molecule has 0 saturated carbocycles. The summed E-state index contributed by atoms with van der Waals surface area (Å²) in [7, 11) is 0. The number of hydrogen-bond acceptors (Lipinski definition) is 4. The molecule has 5 nitrogen and oxygen atoms in total. The van der Waals surface area contributed by atoms with Crippen molar-refractivity contribution in [1.82, 2.24) is 15.4 Å². The molecule has 2 aromatic carbocycles. The van der Waals surface area contributed by atoms with E-state index in [-0.39, 0.29) is 5.91 Å². The van der Waals surface area contributed by atoms with Crippen LogP contribution < -0.4 is 5.43 Å². The summed E-state index contributed by atoms with van der Waals surface area (Å²) in [6.45, 7) is 4.41. The van der Waals surface area contributed by atoms with Gasteiger partial charge in [-0.3, -0.25) is 9.78 Å². The number of benzene rings is 2. The van der Waals surface area contributed by atoms with Gasteiger partial charge >= 0.3 is 0 Å². The maximum absolute atomic E-state index is 12.9. The smallest absolute Gasteiger partial charge is 0.267 e. The number of hydrazone groups is 1. The third kappa shape index (κ3) is 4.67. The van der Waals surface area contributed by atoms with Crippen LogP contribution in [0.3, 0.4) is 0 Å². The number of nitrogens with zero attached hydrogens (tertiary/aromatic N) is 3. The molecular formula is C26H24N4O. The van der Waals surface area contributed by atoms with Crippen LogP contribution in [0.15, 0.2) is 84.2 Å². The van der Waals surface area contributed by atoms with E-state index >= 15 is 0 Å². The fourth-order valence-corrected chi connectivity index (χ4v) is 3.40. The zero-order valence-electron chi connectivity index (χ0n) is 17.6. The Morgan fingerprint density at radius 3 is 2.55 bits per heavy atom. The molecule has 4 aromatic rings. The molecule has 1 unspecified atom stereocenters. The second kappa shape index (κ2) is 9.30. The predicted molar refractivity (Wildman–Crippen MR) is 125 cm³/mol. The number of pyridine rings is 2. The molecule has 4 rings (SSSR count).